The zero-order chi connectivity index (χ0) is 38.9. The number of hydrogen-bond acceptors (Lipinski definition) is 8. The molecule has 2 atom stereocenters. The van der Waals surface area contributed by atoms with Crippen LogP contribution < -0.4 is 5.73 Å². The van der Waals surface area contributed by atoms with Crippen LogP contribution in [0.15, 0.2) is 36.5 Å². The molecular weight excluding hydrogens is 689 g/mol. The van der Waals surface area contributed by atoms with Crippen LogP contribution in [0.25, 0.3) is 0 Å². The van der Waals surface area contributed by atoms with Gasteiger partial charge in [-0.1, -0.05) is 153 Å². The van der Waals surface area contributed by atoms with E-state index in [1.54, 1.807) is 0 Å². The van der Waals surface area contributed by atoms with Gasteiger partial charge < -0.3 is 20.1 Å². The van der Waals surface area contributed by atoms with E-state index < -0.39 is 32.5 Å². The minimum atomic E-state index is -4.38. The van der Waals surface area contributed by atoms with E-state index in [0.29, 0.717) is 6.42 Å². The van der Waals surface area contributed by atoms with E-state index in [0.717, 1.165) is 57.8 Å². The molecule has 10 heteroatoms. The van der Waals surface area contributed by atoms with E-state index in [4.69, 9.17) is 24.3 Å². The lowest BCUT2D eigenvalue weighted by atomic mass is 10.0. The van der Waals surface area contributed by atoms with Crippen LogP contribution in [0.4, 0.5) is 0 Å². The van der Waals surface area contributed by atoms with Gasteiger partial charge in [-0.15, -0.1) is 0 Å². The lowest BCUT2D eigenvalue weighted by Gasteiger charge is -2.19. The van der Waals surface area contributed by atoms with Crippen molar-refractivity contribution in [2.45, 2.75) is 200 Å². The van der Waals surface area contributed by atoms with Crippen LogP contribution in [0, 0.1) is 0 Å². The fraction of sp³-hybridized carbons (Fsp3) is 0.814. The van der Waals surface area contributed by atoms with Crippen molar-refractivity contribution in [3.63, 3.8) is 0 Å². The van der Waals surface area contributed by atoms with Gasteiger partial charge in [0, 0.05) is 19.4 Å². The van der Waals surface area contributed by atoms with Gasteiger partial charge in [-0.3, -0.25) is 18.6 Å². The SMILES string of the molecule is CCCCC/C=C/C/C=C/CCCC/C=C\CCCC(=O)O[C@H](COC(=O)CCCCCCCCCCCCCCCCC)COP(=O)(O)OCCN. The standard InChI is InChI=1S/C43H80NO8P/c1-3-5-7-9-11-13-15-17-19-20-22-24-26-28-30-32-34-36-43(46)52-41(40-51-53(47,48)50-38-37-44)39-49-42(45)35-33-31-29-27-25-23-21-18-16-14-12-10-8-6-4-2/h11,13,17,19,28,30,41H,3-10,12,14-16,18,20-27,29,31-40,44H2,1-2H3,(H,47,48)/b13-11+,19-17+,30-28-/t41-/m1/s1. The molecule has 0 spiro atoms. The second-order valence-electron chi connectivity index (χ2n) is 14.2. The van der Waals surface area contributed by atoms with Crippen LogP contribution in [-0.2, 0) is 32.7 Å². The highest BCUT2D eigenvalue weighted by Gasteiger charge is 2.25. The highest BCUT2D eigenvalue weighted by atomic mass is 31.2. The van der Waals surface area contributed by atoms with E-state index in [1.807, 2.05) is 0 Å². The largest absolute Gasteiger partial charge is 0.472 e. The normalized spacial score (nSPS) is 13.7. The predicted octanol–water partition coefficient (Wildman–Crippen LogP) is 12.2. The highest BCUT2D eigenvalue weighted by Crippen LogP contribution is 2.43. The summed E-state index contributed by atoms with van der Waals surface area (Å²) in [7, 11) is -4.38. The summed E-state index contributed by atoms with van der Waals surface area (Å²) < 4.78 is 32.7. The number of ether oxygens (including phenoxy) is 2. The number of phosphoric acid groups is 1. The fourth-order valence-electron chi connectivity index (χ4n) is 5.79. The van der Waals surface area contributed by atoms with Gasteiger partial charge in [-0.25, -0.2) is 4.57 Å². The van der Waals surface area contributed by atoms with Crippen molar-refractivity contribution in [1.29, 1.82) is 0 Å². The highest BCUT2D eigenvalue weighted by molar-refractivity contribution is 7.47. The molecule has 9 nitrogen and oxygen atoms in total. The van der Waals surface area contributed by atoms with Crippen LogP contribution in [0.5, 0.6) is 0 Å². The van der Waals surface area contributed by atoms with E-state index in [1.165, 1.54) is 103 Å². The summed E-state index contributed by atoms with van der Waals surface area (Å²) in [6.45, 7) is 3.67. The summed E-state index contributed by atoms with van der Waals surface area (Å²) in [6.07, 6.45) is 43.2. The summed E-state index contributed by atoms with van der Waals surface area (Å²) in [4.78, 5) is 34.8. The van der Waals surface area contributed by atoms with Gasteiger partial charge >= 0.3 is 19.8 Å². The number of phosphoric ester groups is 1. The molecule has 0 aliphatic carbocycles. The monoisotopic (exact) mass is 770 g/mol. The lowest BCUT2D eigenvalue weighted by Crippen LogP contribution is -2.29. The fourth-order valence-corrected chi connectivity index (χ4v) is 6.55. The number of hydrogen-bond donors (Lipinski definition) is 2. The van der Waals surface area contributed by atoms with Crippen LogP contribution in [0.3, 0.4) is 0 Å². The van der Waals surface area contributed by atoms with Gasteiger partial charge in [-0.2, -0.15) is 0 Å². The number of rotatable bonds is 40. The predicted molar refractivity (Wildman–Crippen MR) is 220 cm³/mol. The quantitative estimate of drug-likeness (QED) is 0.0270. The molecule has 3 N–H and O–H groups in total. The van der Waals surface area contributed by atoms with Crippen molar-refractivity contribution in [1.82, 2.24) is 0 Å². The summed E-state index contributed by atoms with van der Waals surface area (Å²) >= 11 is 0. The number of nitrogens with two attached hydrogens (primary N) is 1. The second kappa shape index (κ2) is 39.9. The molecule has 0 heterocycles. The van der Waals surface area contributed by atoms with E-state index in [9.17, 15) is 19.0 Å². The molecule has 0 rings (SSSR count). The Hall–Kier alpha value is -1.77. The smallest absolute Gasteiger partial charge is 0.462 e. The number of esters is 2. The summed E-state index contributed by atoms with van der Waals surface area (Å²) in [5, 5.41) is 0. The molecule has 53 heavy (non-hydrogen) atoms. The maximum absolute atomic E-state index is 12.6. The van der Waals surface area contributed by atoms with Gasteiger partial charge in [0.1, 0.15) is 6.61 Å². The van der Waals surface area contributed by atoms with Crippen molar-refractivity contribution in [2.24, 2.45) is 5.73 Å². The first-order valence-electron chi connectivity index (χ1n) is 21.5. The first-order valence-corrected chi connectivity index (χ1v) is 23.0. The Morgan fingerprint density at radius 3 is 1.53 bits per heavy atom. The molecule has 0 radical (unpaired) electrons. The third kappa shape index (κ3) is 39.7. The summed E-state index contributed by atoms with van der Waals surface area (Å²) in [6, 6.07) is 0. The van der Waals surface area contributed by atoms with Gasteiger partial charge in [-0.05, 0) is 64.2 Å². The van der Waals surface area contributed by atoms with Crippen molar-refractivity contribution in [3.8, 4) is 0 Å². The maximum Gasteiger partial charge on any atom is 0.472 e. The molecule has 0 fully saturated rings. The third-order valence-electron chi connectivity index (χ3n) is 9.00. The molecule has 310 valence electrons. The van der Waals surface area contributed by atoms with Crippen molar-refractivity contribution >= 4 is 19.8 Å². The summed E-state index contributed by atoms with van der Waals surface area (Å²) in [5.41, 5.74) is 5.34. The Labute approximate surface area is 324 Å². The van der Waals surface area contributed by atoms with Crippen LogP contribution in [0.2, 0.25) is 0 Å². The maximum atomic E-state index is 12.6. The lowest BCUT2D eigenvalue weighted by molar-refractivity contribution is -0.161. The minimum Gasteiger partial charge on any atom is -0.462 e. The molecule has 1 unspecified atom stereocenters. The van der Waals surface area contributed by atoms with Gasteiger partial charge in [0.25, 0.3) is 0 Å². The average Bonchev–Trinajstić information content (AvgIpc) is 3.14. The Kier molecular flexibility index (Phi) is 38.6. The Morgan fingerprint density at radius 1 is 0.566 bits per heavy atom. The molecule has 0 saturated carbocycles. The minimum absolute atomic E-state index is 0.0480. The van der Waals surface area contributed by atoms with Crippen molar-refractivity contribution < 1.29 is 37.6 Å². The van der Waals surface area contributed by atoms with E-state index in [-0.39, 0.29) is 32.6 Å². The Bertz CT molecular complexity index is 970. The molecular formula is C43H80NO8P. The van der Waals surface area contributed by atoms with Gasteiger partial charge in [0.2, 0.25) is 0 Å². The zero-order valence-corrected chi connectivity index (χ0v) is 34.9. The number of allylic oxidation sites excluding steroid dienone is 6. The third-order valence-corrected chi connectivity index (χ3v) is 9.98. The average molecular weight is 770 g/mol. The van der Waals surface area contributed by atoms with Crippen LogP contribution in [0.1, 0.15) is 194 Å². The Morgan fingerprint density at radius 2 is 1.00 bits per heavy atom. The second-order valence-corrected chi connectivity index (χ2v) is 15.7. The van der Waals surface area contributed by atoms with Crippen molar-refractivity contribution in [2.75, 3.05) is 26.4 Å². The molecule has 0 bridgehead atoms. The molecule has 0 aliphatic heterocycles. The first-order chi connectivity index (χ1) is 25.8. The first kappa shape index (κ1) is 51.2. The van der Waals surface area contributed by atoms with Crippen molar-refractivity contribution in [3.05, 3.63) is 36.5 Å². The molecule has 0 aliphatic rings. The molecule has 0 amide bonds. The molecule has 0 aromatic carbocycles. The number of unbranched alkanes of at least 4 members (excludes halogenated alkanes) is 21. The zero-order valence-electron chi connectivity index (χ0n) is 34.0. The molecule has 0 aromatic rings. The van der Waals surface area contributed by atoms with E-state index >= 15 is 0 Å². The van der Waals surface area contributed by atoms with Crippen LogP contribution in [-0.4, -0.2) is 49.3 Å². The molecule has 0 saturated heterocycles. The number of carbonyl (C=O) groups excluding carboxylic acids is 2. The van der Waals surface area contributed by atoms with Gasteiger partial charge in [0.05, 0.1) is 13.2 Å². The van der Waals surface area contributed by atoms with Gasteiger partial charge in [0.15, 0.2) is 6.10 Å². The topological polar surface area (TPSA) is 134 Å². The molecule has 0 aromatic heterocycles. The van der Waals surface area contributed by atoms with Crippen LogP contribution >= 0.6 is 7.82 Å². The van der Waals surface area contributed by atoms with E-state index in [2.05, 4.69) is 50.3 Å². The Balaban J connectivity index is 4.21. The number of carbonyl (C=O) groups is 2. The summed E-state index contributed by atoms with van der Waals surface area (Å²) in [5.74, 6) is -0.873.